The number of thiophene rings is 1. The minimum absolute atomic E-state index is 0.0841. The SMILES string of the molecule is O=C(CSc1nnc(-c2cccs2)n1-c1ccccc1)NC1CCCCCCC1. The lowest BCUT2D eigenvalue weighted by molar-refractivity contribution is -0.119. The Bertz CT molecular complexity index is 900. The molecule has 0 radical (unpaired) electrons. The summed E-state index contributed by atoms with van der Waals surface area (Å²) in [5.74, 6) is 1.25. The minimum Gasteiger partial charge on any atom is -0.353 e. The highest BCUT2D eigenvalue weighted by Gasteiger charge is 2.19. The van der Waals surface area contributed by atoms with E-state index in [0.29, 0.717) is 11.8 Å². The van der Waals surface area contributed by atoms with Crippen molar-refractivity contribution in [3.05, 3.63) is 47.8 Å². The zero-order valence-electron chi connectivity index (χ0n) is 16.4. The van der Waals surface area contributed by atoms with Crippen LogP contribution in [0.15, 0.2) is 53.0 Å². The van der Waals surface area contributed by atoms with Crippen LogP contribution in [-0.4, -0.2) is 32.5 Å². The zero-order valence-corrected chi connectivity index (χ0v) is 18.1. The number of carbonyl (C=O) groups is 1. The number of para-hydroxylation sites is 1. The van der Waals surface area contributed by atoms with Crippen molar-refractivity contribution in [2.75, 3.05) is 5.75 Å². The topological polar surface area (TPSA) is 59.8 Å². The van der Waals surface area contributed by atoms with E-state index < -0.39 is 0 Å². The van der Waals surface area contributed by atoms with Crippen molar-refractivity contribution in [3.63, 3.8) is 0 Å². The van der Waals surface area contributed by atoms with Gasteiger partial charge in [-0.25, -0.2) is 0 Å². The number of benzene rings is 1. The van der Waals surface area contributed by atoms with E-state index >= 15 is 0 Å². The third-order valence-corrected chi connectivity index (χ3v) is 6.99. The smallest absolute Gasteiger partial charge is 0.230 e. The summed E-state index contributed by atoms with van der Waals surface area (Å²) in [6.07, 6.45) is 8.52. The van der Waals surface area contributed by atoms with E-state index in [0.717, 1.165) is 34.4 Å². The Kier molecular flexibility index (Phi) is 7.00. The lowest BCUT2D eigenvalue weighted by atomic mass is 9.97. The Morgan fingerprint density at radius 1 is 1.03 bits per heavy atom. The standard InChI is InChI=1S/C22H26N4OS2/c27-20(23-17-10-5-2-1-3-6-11-17)16-29-22-25-24-21(19-14-9-15-28-19)26(22)18-12-7-4-8-13-18/h4,7-9,12-15,17H,1-3,5-6,10-11,16H2,(H,23,27). The molecule has 2 heterocycles. The van der Waals surface area contributed by atoms with Gasteiger partial charge < -0.3 is 5.32 Å². The van der Waals surface area contributed by atoms with E-state index in [-0.39, 0.29) is 5.91 Å². The van der Waals surface area contributed by atoms with Gasteiger partial charge in [-0.05, 0) is 36.4 Å². The molecule has 29 heavy (non-hydrogen) atoms. The fourth-order valence-corrected chi connectivity index (χ4v) is 5.20. The van der Waals surface area contributed by atoms with E-state index in [9.17, 15) is 4.79 Å². The van der Waals surface area contributed by atoms with Gasteiger partial charge in [0.1, 0.15) is 0 Å². The molecule has 0 unspecified atom stereocenters. The summed E-state index contributed by atoms with van der Waals surface area (Å²) in [4.78, 5) is 13.6. The normalized spacial score (nSPS) is 15.6. The first-order chi connectivity index (χ1) is 14.3. The molecule has 3 aromatic rings. The molecule has 0 atom stereocenters. The van der Waals surface area contributed by atoms with Gasteiger partial charge in [-0.1, -0.05) is 68.1 Å². The highest BCUT2D eigenvalue weighted by atomic mass is 32.2. The molecule has 1 amide bonds. The first-order valence-corrected chi connectivity index (χ1v) is 12.1. The monoisotopic (exact) mass is 426 g/mol. The van der Waals surface area contributed by atoms with Crippen LogP contribution in [0.5, 0.6) is 0 Å². The number of nitrogens with zero attached hydrogens (tertiary/aromatic N) is 3. The zero-order chi connectivity index (χ0) is 19.9. The summed E-state index contributed by atoms with van der Waals surface area (Å²) in [5.41, 5.74) is 1.00. The molecule has 1 aliphatic rings. The maximum Gasteiger partial charge on any atom is 0.230 e. The number of carbonyl (C=O) groups excluding carboxylic acids is 1. The number of nitrogens with one attached hydrogen (secondary N) is 1. The first-order valence-electron chi connectivity index (χ1n) is 10.3. The summed E-state index contributed by atoms with van der Waals surface area (Å²) in [6.45, 7) is 0. The van der Waals surface area contributed by atoms with Crippen molar-refractivity contribution in [1.29, 1.82) is 0 Å². The predicted octanol–water partition coefficient (Wildman–Crippen LogP) is 5.32. The second kappa shape index (κ2) is 10.1. The number of amides is 1. The molecule has 1 aliphatic carbocycles. The average Bonchev–Trinajstić information content (AvgIpc) is 3.38. The van der Waals surface area contributed by atoms with Crippen LogP contribution >= 0.6 is 23.1 Å². The highest BCUT2D eigenvalue weighted by molar-refractivity contribution is 7.99. The third kappa shape index (κ3) is 5.28. The Morgan fingerprint density at radius 2 is 1.79 bits per heavy atom. The van der Waals surface area contributed by atoms with Crippen LogP contribution < -0.4 is 5.32 Å². The van der Waals surface area contributed by atoms with Gasteiger partial charge in [-0.3, -0.25) is 9.36 Å². The quantitative estimate of drug-likeness (QED) is 0.542. The van der Waals surface area contributed by atoms with Crippen molar-refractivity contribution < 1.29 is 4.79 Å². The molecular formula is C22H26N4OS2. The number of hydrogen-bond donors (Lipinski definition) is 1. The van der Waals surface area contributed by atoms with Crippen molar-refractivity contribution in [3.8, 4) is 16.4 Å². The van der Waals surface area contributed by atoms with Gasteiger partial charge in [0.05, 0.1) is 10.6 Å². The van der Waals surface area contributed by atoms with E-state index in [1.54, 1.807) is 11.3 Å². The van der Waals surface area contributed by atoms with Crippen molar-refractivity contribution >= 4 is 29.0 Å². The number of thioether (sulfide) groups is 1. The van der Waals surface area contributed by atoms with Crippen LogP contribution in [0, 0.1) is 0 Å². The Labute approximate surface area is 179 Å². The fourth-order valence-electron chi connectivity index (χ4n) is 3.74. The van der Waals surface area contributed by atoms with Crippen LogP contribution in [0.3, 0.4) is 0 Å². The highest BCUT2D eigenvalue weighted by Crippen LogP contribution is 2.30. The molecule has 0 bridgehead atoms. The molecular weight excluding hydrogens is 400 g/mol. The summed E-state index contributed by atoms with van der Waals surface area (Å²) >= 11 is 3.09. The van der Waals surface area contributed by atoms with E-state index in [1.807, 2.05) is 52.4 Å². The summed E-state index contributed by atoms with van der Waals surface area (Å²) in [6, 6.07) is 14.5. The molecule has 7 heteroatoms. The number of aromatic nitrogens is 3. The molecule has 152 valence electrons. The number of rotatable bonds is 6. The van der Waals surface area contributed by atoms with Crippen LogP contribution in [0.2, 0.25) is 0 Å². The van der Waals surface area contributed by atoms with Gasteiger partial charge in [-0.2, -0.15) is 0 Å². The lowest BCUT2D eigenvalue weighted by Crippen LogP contribution is -2.36. The Hall–Kier alpha value is -2.12. The predicted molar refractivity (Wildman–Crippen MR) is 120 cm³/mol. The van der Waals surface area contributed by atoms with Gasteiger partial charge in [0, 0.05) is 11.7 Å². The van der Waals surface area contributed by atoms with Gasteiger partial charge in [-0.15, -0.1) is 21.5 Å². The summed E-state index contributed by atoms with van der Waals surface area (Å²) < 4.78 is 2.04. The molecule has 1 fully saturated rings. The molecule has 4 rings (SSSR count). The van der Waals surface area contributed by atoms with Crippen molar-refractivity contribution in [2.45, 2.75) is 56.1 Å². The van der Waals surface area contributed by atoms with Gasteiger partial charge in [0.15, 0.2) is 11.0 Å². The molecule has 1 N–H and O–H groups in total. The third-order valence-electron chi connectivity index (χ3n) is 5.19. The molecule has 0 spiro atoms. The molecule has 0 saturated heterocycles. The lowest BCUT2D eigenvalue weighted by Gasteiger charge is -2.20. The second-order valence-corrected chi connectivity index (χ2v) is 9.24. The van der Waals surface area contributed by atoms with Gasteiger partial charge in [0.2, 0.25) is 5.91 Å². The minimum atomic E-state index is 0.0841. The fraction of sp³-hybridized carbons (Fsp3) is 0.409. The summed E-state index contributed by atoms with van der Waals surface area (Å²) in [5, 5.41) is 14.8. The Balaban J connectivity index is 1.46. The van der Waals surface area contributed by atoms with Crippen molar-refractivity contribution in [2.24, 2.45) is 0 Å². The van der Waals surface area contributed by atoms with E-state index in [1.165, 1.54) is 43.9 Å². The maximum absolute atomic E-state index is 12.6. The van der Waals surface area contributed by atoms with Crippen molar-refractivity contribution in [1.82, 2.24) is 20.1 Å². The number of hydrogen-bond acceptors (Lipinski definition) is 5. The van der Waals surface area contributed by atoms with Crippen LogP contribution in [0.25, 0.3) is 16.4 Å². The molecule has 1 saturated carbocycles. The molecule has 1 aromatic carbocycles. The molecule has 0 aliphatic heterocycles. The maximum atomic E-state index is 12.6. The van der Waals surface area contributed by atoms with Crippen LogP contribution in [-0.2, 0) is 4.79 Å². The largest absolute Gasteiger partial charge is 0.353 e. The van der Waals surface area contributed by atoms with E-state index in [4.69, 9.17) is 0 Å². The Morgan fingerprint density at radius 3 is 2.52 bits per heavy atom. The molecule has 5 nitrogen and oxygen atoms in total. The van der Waals surface area contributed by atoms with Crippen LogP contribution in [0.4, 0.5) is 0 Å². The second-order valence-electron chi connectivity index (χ2n) is 7.35. The van der Waals surface area contributed by atoms with Gasteiger partial charge >= 0.3 is 0 Å². The average molecular weight is 427 g/mol. The summed E-state index contributed by atoms with van der Waals surface area (Å²) in [7, 11) is 0. The first kappa shape index (κ1) is 20.2. The van der Waals surface area contributed by atoms with Crippen LogP contribution in [0.1, 0.15) is 44.9 Å². The van der Waals surface area contributed by atoms with Gasteiger partial charge in [0.25, 0.3) is 0 Å². The molecule has 2 aromatic heterocycles. The van der Waals surface area contributed by atoms with E-state index in [2.05, 4.69) is 15.5 Å².